The van der Waals surface area contributed by atoms with Crippen LogP contribution in [-0.4, -0.2) is 19.3 Å². The number of nitrogen functional groups attached to an aromatic ring is 1. The smallest absolute Gasteiger partial charge is 0.390 e. The van der Waals surface area contributed by atoms with Crippen LogP contribution in [0, 0.1) is 0 Å². The predicted molar refractivity (Wildman–Crippen MR) is 57.4 cm³/mol. The van der Waals surface area contributed by atoms with Crippen LogP contribution in [0.15, 0.2) is 18.2 Å². The largest absolute Gasteiger partial charge is 0.397 e. The summed E-state index contributed by atoms with van der Waals surface area (Å²) in [5, 5.41) is 0. The Morgan fingerprint density at radius 2 is 2.06 bits per heavy atom. The molecule has 88 valence electrons. The number of hydrogen-bond acceptors (Lipinski definition) is 2. The van der Waals surface area contributed by atoms with E-state index >= 15 is 0 Å². The van der Waals surface area contributed by atoms with Crippen LogP contribution in [0.5, 0.6) is 0 Å². The quantitative estimate of drug-likeness (QED) is 0.791. The maximum absolute atomic E-state index is 12.1. The first-order valence-corrected chi connectivity index (χ1v) is 5.16. The Hall–Kier alpha value is -1.39. The Labute approximate surface area is 91.8 Å². The fraction of sp³-hybridized carbons (Fsp3) is 0.455. The van der Waals surface area contributed by atoms with Gasteiger partial charge in [0.2, 0.25) is 0 Å². The summed E-state index contributed by atoms with van der Waals surface area (Å²) in [6.45, 7) is 0.615. The number of hydrogen-bond donors (Lipinski definition) is 1. The summed E-state index contributed by atoms with van der Waals surface area (Å²) in [6.07, 6.45) is -4.12. The molecule has 1 aromatic rings. The highest BCUT2D eigenvalue weighted by Crippen LogP contribution is 2.34. The maximum Gasteiger partial charge on any atom is 0.390 e. The molecule has 0 saturated heterocycles. The Balaban J connectivity index is 2.12. The fourth-order valence-electron chi connectivity index (χ4n) is 2.05. The maximum atomic E-state index is 12.1. The van der Waals surface area contributed by atoms with Gasteiger partial charge in [0.05, 0.1) is 17.8 Å². The second-order valence-corrected chi connectivity index (χ2v) is 3.96. The van der Waals surface area contributed by atoms with Crippen molar-refractivity contribution in [3.63, 3.8) is 0 Å². The van der Waals surface area contributed by atoms with Crippen LogP contribution in [0.25, 0.3) is 0 Å². The van der Waals surface area contributed by atoms with Gasteiger partial charge in [-0.3, -0.25) is 0 Å². The van der Waals surface area contributed by atoms with E-state index in [1.165, 1.54) is 0 Å². The fourth-order valence-corrected chi connectivity index (χ4v) is 2.05. The number of halogens is 3. The minimum atomic E-state index is -4.10. The lowest BCUT2D eigenvalue weighted by molar-refractivity contribution is -0.132. The summed E-state index contributed by atoms with van der Waals surface area (Å²) in [5.74, 6) is 0. The second-order valence-electron chi connectivity index (χ2n) is 3.96. The lowest BCUT2D eigenvalue weighted by Gasteiger charge is -2.21. The summed E-state index contributed by atoms with van der Waals surface area (Å²) in [7, 11) is 0. The second kappa shape index (κ2) is 3.88. The zero-order chi connectivity index (χ0) is 11.8. The van der Waals surface area contributed by atoms with Crippen LogP contribution in [0.1, 0.15) is 12.0 Å². The van der Waals surface area contributed by atoms with Gasteiger partial charge in [0, 0.05) is 13.1 Å². The highest BCUT2D eigenvalue weighted by molar-refractivity contribution is 5.74. The van der Waals surface area contributed by atoms with Crippen molar-refractivity contribution in [1.29, 1.82) is 0 Å². The van der Waals surface area contributed by atoms with Gasteiger partial charge < -0.3 is 10.6 Å². The van der Waals surface area contributed by atoms with E-state index in [-0.39, 0.29) is 6.54 Å². The van der Waals surface area contributed by atoms with Crippen LogP contribution in [-0.2, 0) is 6.42 Å². The molecule has 5 heteroatoms. The molecule has 0 aromatic heterocycles. The number of alkyl halides is 3. The van der Waals surface area contributed by atoms with Gasteiger partial charge in [0.15, 0.2) is 0 Å². The van der Waals surface area contributed by atoms with E-state index in [9.17, 15) is 13.2 Å². The van der Waals surface area contributed by atoms with E-state index < -0.39 is 12.6 Å². The SMILES string of the molecule is Nc1cccc2c1N(CCC(F)(F)F)CC2. The van der Waals surface area contributed by atoms with Crippen molar-refractivity contribution in [1.82, 2.24) is 0 Å². The van der Waals surface area contributed by atoms with Gasteiger partial charge in [-0.05, 0) is 18.1 Å². The molecule has 1 aliphatic heterocycles. The molecule has 0 spiro atoms. The number of nitrogens with two attached hydrogens (primary N) is 1. The zero-order valence-corrected chi connectivity index (χ0v) is 8.72. The molecule has 0 unspecified atom stereocenters. The van der Waals surface area contributed by atoms with Crippen molar-refractivity contribution >= 4 is 11.4 Å². The van der Waals surface area contributed by atoms with E-state index in [1.807, 2.05) is 12.1 Å². The molecule has 2 N–H and O–H groups in total. The lowest BCUT2D eigenvalue weighted by Crippen LogP contribution is -2.26. The van der Waals surface area contributed by atoms with Gasteiger partial charge in [-0.2, -0.15) is 13.2 Å². The number of benzene rings is 1. The summed E-state index contributed by atoms with van der Waals surface area (Å²) in [4.78, 5) is 1.72. The average Bonchev–Trinajstić information content (AvgIpc) is 2.58. The van der Waals surface area contributed by atoms with Crippen LogP contribution >= 0.6 is 0 Å². The molecule has 0 atom stereocenters. The van der Waals surface area contributed by atoms with Gasteiger partial charge in [0.1, 0.15) is 0 Å². The van der Waals surface area contributed by atoms with Crippen molar-refractivity contribution in [3.05, 3.63) is 23.8 Å². The van der Waals surface area contributed by atoms with Gasteiger partial charge in [0.25, 0.3) is 0 Å². The Bertz CT molecular complexity index is 387. The van der Waals surface area contributed by atoms with E-state index in [0.29, 0.717) is 12.2 Å². The number of fused-ring (bicyclic) bond motifs is 1. The number of anilines is 2. The number of rotatable bonds is 2. The van der Waals surface area contributed by atoms with Crippen LogP contribution in [0.3, 0.4) is 0 Å². The molecule has 0 aliphatic carbocycles. The third-order valence-electron chi connectivity index (χ3n) is 2.78. The summed E-state index contributed by atoms with van der Waals surface area (Å²) < 4.78 is 36.4. The van der Waals surface area contributed by atoms with Crippen LogP contribution < -0.4 is 10.6 Å². The van der Waals surface area contributed by atoms with Crippen LogP contribution in [0.2, 0.25) is 0 Å². The molecule has 0 bridgehead atoms. The van der Waals surface area contributed by atoms with Gasteiger partial charge in [-0.15, -0.1) is 0 Å². The summed E-state index contributed by atoms with van der Waals surface area (Å²) in [6, 6.07) is 5.48. The van der Waals surface area contributed by atoms with Crippen molar-refractivity contribution < 1.29 is 13.2 Å². The highest BCUT2D eigenvalue weighted by Gasteiger charge is 2.30. The average molecular weight is 230 g/mol. The number of para-hydroxylation sites is 1. The molecule has 0 radical (unpaired) electrons. The number of nitrogens with zero attached hydrogens (tertiary/aromatic N) is 1. The minimum absolute atomic E-state index is 0.00921. The van der Waals surface area contributed by atoms with E-state index in [2.05, 4.69) is 0 Å². The molecular weight excluding hydrogens is 217 g/mol. The topological polar surface area (TPSA) is 29.3 Å². The monoisotopic (exact) mass is 230 g/mol. The molecule has 1 aliphatic rings. The molecule has 0 saturated carbocycles. The first kappa shape index (κ1) is 11.1. The predicted octanol–water partition coefficient (Wildman–Crippen LogP) is 2.58. The van der Waals surface area contributed by atoms with Gasteiger partial charge in [-0.1, -0.05) is 12.1 Å². The lowest BCUT2D eigenvalue weighted by atomic mass is 10.1. The van der Waals surface area contributed by atoms with Gasteiger partial charge in [-0.25, -0.2) is 0 Å². The first-order valence-electron chi connectivity index (χ1n) is 5.16. The van der Waals surface area contributed by atoms with E-state index in [1.54, 1.807) is 11.0 Å². The zero-order valence-electron chi connectivity index (χ0n) is 8.72. The van der Waals surface area contributed by atoms with Crippen molar-refractivity contribution in [2.24, 2.45) is 0 Å². The molecule has 16 heavy (non-hydrogen) atoms. The molecule has 2 rings (SSSR count). The van der Waals surface area contributed by atoms with E-state index in [4.69, 9.17) is 5.73 Å². The Kier molecular flexibility index (Phi) is 2.69. The van der Waals surface area contributed by atoms with E-state index in [0.717, 1.165) is 17.7 Å². The van der Waals surface area contributed by atoms with Crippen molar-refractivity contribution in [3.8, 4) is 0 Å². The normalized spacial score (nSPS) is 15.3. The molecule has 1 heterocycles. The summed E-state index contributed by atoms with van der Waals surface area (Å²) in [5.41, 5.74) is 8.17. The third-order valence-corrected chi connectivity index (χ3v) is 2.78. The molecule has 0 fully saturated rings. The van der Waals surface area contributed by atoms with Crippen LogP contribution in [0.4, 0.5) is 24.5 Å². The standard InChI is InChI=1S/C11H13F3N2/c12-11(13,14)5-7-16-6-4-8-2-1-3-9(15)10(8)16/h1-3H,4-7,15H2. The molecule has 1 aromatic carbocycles. The Morgan fingerprint density at radius 3 is 2.75 bits per heavy atom. The van der Waals surface area contributed by atoms with Gasteiger partial charge >= 0.3 is 6.18 Å². The summed E-state index contributed by atoms with van der Waals surface area (Å²) >= 11 is 0. The van der Waals surface area contributed by atoms with Crippen molar-refractivity contribution in [2.45, 2.75) is 19.0 Å². The molecule has 2 nitrogen and oxygen atoms in total. The highest BCUT2D eigenvalue weighted by atomic mass is 19.4. The Morgan fingerprint density at radius 1 is 1.31 bits per heavy atom. The third kappa shape index (κ3) is 2.23. The minimum Gasteiger partial charge on any atom is -0.397 e. The first-order chi connectivity index (χ1) is 7.47. The molecule has 0 amide bonds. The molecular formula is C11H13F3N2. The van der Waals surface area contributed by atoms with Crippen molar-refractivity contribution in [2.75, 3.05) is 23.7 Å².